The van der Waals surface area contributed by atoms with Crippen LogP contribution in [-0.2, 0) is 6.61 Å². The molecule has 0 saturated heterocycles. The highest BCUT2D eigenvalue weighted by Gasteiger charge is 2.16. The van der Waals surface area contributed by atoms with Crippen LogP contribution >= 0.6 is 0 Å². The van der Waals surface area contributed by atoms with Crippen molar-refractivity contribution in [2.45, 2.75) is 6.61 Å². The highest BCUT2D eigenvalue weighted by molar-refractivity contribution is 5.79. The topological polar surface area (TPSA) is 88.0 Å². The summed E-state index contributed by atoms with van der Waals surface area (Å²) in [5.74, 6) is 0.695. The van der Waals surface area contributed by atoms with Gasteiger partial charge in [-0.1, -0.05) is 12.1 Å². The van der Waals surface area contributed by atoms with Crippen molar-refractivity contribution < 1.29 is 4.74 Å². The quantitative estimate of drug-likeness (QED) is 0.447. The Morgan fingerprint density at radius 1 is 0.839 bits per heavy atom. The standard InChI is InChI=1S/C24H19N5O2/c25-17-4-3-6-20(14-17)29-22-11-13-26-15-23(22)28(24(29)30)19-7-9-21(10-8-19)31-16-18-5-1-2-12-27-18/h1-15H,16,25H2. The molecule has 3 aromatic heterocycles. The number of ether oxygens (including phenoxy) is 1. The number of hydrogen-bond donors (Lipinski definition) is 1. The molecule has 0 aliphatic rings. The average Bonchev–Trinajstić information content (AvgIpc) is 3.10. The van der Waals surface area contributed by atoms with Crippen LogP contribution in [0.2, 0.25) is 0 Å². The van der Waals surface area contributed by atoms with Crippen molar-refractivity contribution in [1.29, 1.82) is 0 Å². The first-order valence-electron chi connectivity index (χ1n) is 9.77. The van der Waals surface area contributed by atoms with E-state index in [1.165, 1.54) is 0 Å². The maximum Gasteiger partial charge on any atom is 0.338 e. The molecular weight excluding hydrogens is 390 g/mol. The third-order valence-corrected chi connectivity index (χ3v) is 4.98. The molecule has 0 amide bonds. The Labute approximate surface area is 178 Å². The summed E-state index contributed by atoms with van der Waals surface area (Å²) in [6.07, 6.45) is 5.09. The Bertz CT molecular complexity index is 1410. The van der Waals surface area contributed by atoms with Crippen LogP contribution in [-0.4, -0.2) is 19.1 Å². The highest BCUT2D eigenvalue weighted by Crippen LogP contribution is 2.23. The molecule has 3 heterocycles. The summed E-state index contributed by atoms with van der Waals surface area (Å²) >= 11 is 0. The molecule has 0 fully saturated rings. The molecule has 7 nitrogen and oxygen atoms in total. The van der Waals surface area contributed by atoms with Crippen LogP contribution in [0.4, 0.5) is 5.69 Å². The number of rotatable bonds is 5. The van der Waals surface area contributed by atoms with Crippen molar-refractivity contribution in [1.82, 2.24) is 19.1 Å². The van der Waals surface area contributed by atoms with E-state index in [2.05, 4.69) is 9.97 Å². The first-order chi connectivity index (χ1) is 15.2. The summed E-state index contributed by atoms with van der Waals surface area (Å²) in [7, 11) is 0. The normalized spacial score (nSPS) is 11.0. The van der Waals surface area contributed by atoms with Gasteiger partial charge in [-0.3, -0.25) is 19.1 Å². The SMILES string of the molecule is Nc1cccc(-n2c(=O)n(-c3ccc(OCc4ccccn4)cc3)c3cnccc32)c1. The van der Waals surface area contributed by atoms with Crippen LogP contribution < -0.4 is 16.2 Å². The largest absolute Gasteiger partial charge is 0.487 e. The zero-order valence-electron chi connectivity index (χ0n) is 16.6. The first kappa shape index (κ1) is 18.6. The van der Waals surface area contributed by atoms with Crippen molar-refractivity contribution in [3.63, 3.8) is 0 Å². The second kappa shape index (κ2) is 7.79. The Balaban J connectivity index is 1.53. The fourth-order valence-corrected chi connectivity index (χ4v) is 3.54. The Morgan fingerprint density at radius 2 is 1.68 bits per heavy atom. The zero-order chi connectivity index (χ0) is 21.2. The van der Waals surface area contributed by atoms with Gasteiger partial charge in [-0.15, -0.1) is 0 Å². The van der Waals surface area contributed by atoms with Gasteiger partial charge in [0.1, 0.15) is 12.4 Å². The third kappa shape index (κ3) is 3.53. The van der Waals surface area contributed by atoms with Gasteiger partial charge < -0.3 is 10.5 Å². The number of aromatic nitrogens is 4. The van der Waals surface area contributed by atoms with Crippen molar-refractivity contribution in [2.75, 3.05) is 5.73 Å². The van der Waals surface area contributed by atoms with Crippen LogP contribution in [0.3, 0.4) is 0 Å². The van der Waals surface area contributed by atoms with Gasteiger partial charge in [0.15, 0.2) is 0 Å². The molecule has 0 spiro atoms. The molecule has 0 atom stereocenters. The van der Waals surface area contributed by atoms with E-state index >= 15 is 0 Å². The van der Waals surface area contributed by atoms with Crippen LogP contribution in [0.1, 0.15) is 5.69 Å². The summed E-state index contributed by atoms with van der Waals surface area (Å²) < 4.78 is 9.08. The minimum Gasteiger partial charge on any atom is -0.487 e. The number of nitrogen functional groups attached to an aromatic ring is 1. The molecule has 2 N–H and O–H groups in total. The van der Waals surface area contributed by atoms with E-state index in [1.54, 1.807) is 39.9 Å². The van der Waals surface area contributed by atoms with E-state index in [0.717, 1.165) is 16.9 Å². The predicted octanol–water partition coefficient (Wildman–Crippen LogP) is 3.73. The first-order valence-corrected chi connectivity index (χ1v) is 9.77. The van der Waals surface area contributed by atoms with Crippen LogP contribution in [0, 0.1) is 0 Å². The number of benzene rings is 2. The van der Waals surface area contributed by atoms with Crippen molar-refractivity contribution in [2.24, 2.45) is 0 Å². The molecule has 5 rings (SSSR count). The summed E-state index contributed by atoms with van der Waals surface area (Å²) in [6, 6.07) is 22.2. The number of nitrogens with zero attached hydrogens (tertiary/aromatic N) is 4. The maximum atomic E-state index is 13.4. The minimum absolute atomic E-state index is 0.198. The summed E-state index contributed by atoms with van der Waals surface area (Å²) in [5.41, 5.74) is 10.1. The molecule has 31 heavy (non-hydrogen) atoms. The molecule has 0 radical (unpaired) electrons. The van der Waals surface area contributed by atoms with E-state index in [-0.39, 0.29) is 5.69 Å². The monoisotopic (exact) mass is 409 g/mol. The van der Waals surface area contributed by atoms with Crippen LogP contribution in [0.5, 0.6) is 5.75 Å². The third-order valence-electron chi connectivity index (χ3n) is 4.98. The lowest BCUT2D eigenvalue weighted by atomic mass is 10.2. The Hall–Kier alpha value is -4.39. The smallest absolute Gasteiger partial charge is 0.338 e. The number of fused-ring (bicyclic) bond motifs is 1. The zero-order valence-corrected chi connectivity index (χ0v) is 16.6. The summed E-state index contributed by atoms with van der Waals surface area (Å²) in [6.45, 7) is 0.374. The predicted molar refractivity (Wildman–Crippen MR) is 120 cm³/mol. The van der Waals surface area contributed by atoms with Gasteiger partial charge in [0.25, 0.3) is 0 Å². The Kier molecular flexibility index (Phi) is 4.68. The number of pyridine rings is 2. The lowest BCUT2D eigenvalue weighted by Gasteiger charge is -2.08. The molecule has 5 aromatic rings. The number of hydrogen-bond acceptors (Lipinski definition) is 5. The highest BCUT2D eigenvalue weighted by atomic mass is 16.5. The van der Waals surface area contributed by atoms with Gasteiger partial charge in [0, 0.05) is 18.1 Å². The molecule has 0 aliphatic carbocycles. The molecule has 152 valence electrons. The lowest BCUT2D eigenvalue weighted by molar-refractivity contribution is 0.301. The minimum atomic E-state index is -0.198. The molecular formula is C24H19N5O2. The van der Waals surface area contributed by atoms with Gasteiger partial charge in [-0.05, 0) is 60.7 Å². The Morgan fingerprint density at radius 3 is 2.45 bits per heavy atom. The van der Waals surface area contributed by atoms with E-state index in [0.29, 0.717) is 29.2 Å². The van der Waals surface area contributed by atoms with Gasteiger partial charge in [-0.2, -0.15) is 0 Å². The van der Waals surface area contributed by atoms with Gasteiger partial charge in [0.2, 0.25) is 0 Å². The van der Waals surface area contributed by atoms with E-state index in [9.17, 15) is 4.79 Å². The molecule has 2 aromatic carbocycles. The van der Waals surface area contributed by atoms with Crippen LogP contribution in [0.25, 0.3) is 22.4 Å². The molecule has 7 heteroatoms. The maximum absolute atomic E-state index is 13.4. The van der Waals surface area contributed by atoms with E-state index < -0.39 is 0 Å². The average molecular weight is 409 g/mol. The van der Waals surface area contributed by atoms with Gasteiger partial charge in [-0.25, -0.2) is 4.79 Å². The van der Waals surface area contributed by atoms with Crippen molar-refractivity contribution >= 4 is 16.7 Å². The lowest BCUT2D eigenvalue weighted by Crippen LogP contribution is -2.22. The molecule has 0 bridgehead atoms. The summed E-state index contributed by atoms with van der Waals surface area (Å²) in [5, 5.41) is 0. The molecule has 0 aliphatic heterocycles. The number of anilines is 1. The van der Waals surface area contributed by atoms with Crippen LogP contribution in [0.15, 0.2) is 96.2 Å². The fourth-order valence-electron chi connectivity index (χ4n) is 3.54. The molecule has 0 saturated carbocycles. The fraction of sp³-hybridized carbons (Fsp3) is 0.0417. The van der Waals surface area contributed by atoms with Gasteiger partial charge in [0.05, 0.1) is 34.3 Å². The molecule has 0 unspecified atom stereocenters. The van der Waals surface area contributed by atoms with E-state index in [1.807, 2.05) is 60.7 Å². The number of imidazole rings is 1. The summed E-state index contributed by atoms with van der Waals surface area (Å²) in [4.78, 5) is 21.9. The number of nitrogens with two attached hydrogens (primary N) is 1. The second-order valence-corrected chi connectivity index (χ2v) is 7.02. The second-order valence-electron chi connectivity index (χ2n) is 7.02. The van der Waals surface area contributed by atoms with Crippen molar-refractivity contribution in [3.8, 4) is 17.1 Å². The van der Waals surface area contributed by atoms with E-state index in [4.69, 9.17) is 10.5 Å². The van der Waals surface area contributed by atoms with Gasteiger partial charge >= 0.3 is 5.69 Å². The van der Waals surface area contributed by atoms with Crippen molar-refractivity contribution in [3.05, 3.63) is 108 Å².